The van der Waals surface area contributed by atoms with Gasteiger partial charge in [0.05, 0.1) is 11.3 Å². The molecule has 0 aliphatic rings. The van der Waals surface area contributed by atoms with Crippen LogP contribution in [0.15, 0.2) is 42.5 Å². The summed E-state index contributed by atoms with van der Waals surface area (Å²) >= 11 is 0. The first kappa shape index (κ1) is 14.5. The molecule has 0 heterocycles. The van der Waals surface area contributed by atoms with E-state index in [4.69, 9.17) is 5.73 Å². The highest BCUT2D eigenvalue weighted by Crippen LogP contribution is 2.17. The van der Waals surface area contributed by atoms with Gasteiger partial charge in [0.2, 0.25) is 0 Å². The standard InChI is InChI=1S/C15H14FN3O2/c1-18-15(21)12-4-2-3-5-13(12)19-14(20)9-6-10(16)8-11(17)7-9/h2-8H,17H2,1H3,(H,18,21)(H,19,20). The van der Waals surface area contributed by atoms with Gasteiger partial charge in [-0.3, -0.25) is 9.59 Å². The molecule has 0 atom stereocenters. The fourth-order valence-electron chi connectivity index (χ4n) is 1.86. The second kappa shape index (κ2) is 6.04. The van der Waals surface area contributed by atoms with Crippen LogP contribution in [0.25, 0.3) is 0 Å². The first-order chi connectivity index (χ1) is 10.0. The van der Waals surface area contributed by atoms with Crippen molar-refractivity contribution < 1.29 is 14.0 Å². The molecule has 6 heteroatoms. The molecule has 0 aliphatic carbocycles. The van der Waals surface area contributed by atoms with E-state index in [0.29, 0.717) is 11.3 Å². The summed E-state index contributed by atoms with van der Waals surface area (Å²) in [5.41, 5.74) is 6.40. The highest BCUT2D eigenvalue weighted by molar-refractivity contribution is 6.09. The maximum atomic E-state index is 13.3. The Kier molecular flexibility index (Phi) is 4.18. The van der Waals surface area contributed by atoms with Crippen molar-refractivity contribution in [2.75, 3.05) is 18.1 Å². The average Bonchev–Trinajstić information content (AvgIpc) is 2.46. The minimum atomic E-state index is -0.597. The molecule has 2 aromatic rings. The Bertz CT molecular complexity index is 681. The van der Waals surface area contributed by atoms with Gasteiger partial charge in [-0.25, -0.2) is 4.39 Å². The van der Waals surface area contributed by atoms with Crippen LogP contribution in [0.3, 0.4) is 0 Å². The van der Waals surface area contributed by atoms with Gasteiger partial charge < -0.3 is 16.4 Å². The van der Waals surface area contributed by atoms with Gasteiger partial charge in [-0.15, -0.1) is 0 Å². The van der Waals surface area contributed by atoms with E-state index in [-0.39, 0.29) is 17.2 Å². The summed E-state index contributed by atoms with van der Waals surface area (Å²) in [6, 6.07) is 10.1. The number of rotatable bonds is 3. The van der Waals surface area contributed by atoms with Crippen LogP contribution < -0.4 is 16.4 Å². The Balaban J connectivity index is 2.30. The lowest BCUT2D eigenvalue weighted by molar-refractivity contribution is 0.0964. The number of nitrogens with two attached hydrogens (primary N) is 1. The number of amides is 2. The van der Waals surface area contributed by atoms with E-state index in [1.807, 2.05) is 0 Å². The Morgan fingerprint density at radius 1 is 1.10 bits per heavy atom. The van der Waals surface area contributed by atoms with E-state index in [2.05, 4.69) is 10.6 Å². The molecule has 0 radical (unpaired) electrons. The molecule has 2 aromatic carbocycles. The Labute approximate surface area is 121 Å². The van der Waals surface area contributed by atoms with Crippen LogP contribution in [-0.4, -0.2) is 18.9 Å². The SMILES string of the molecule is CNC(=O)c1ccccc1NC(=O)c1cc(N)cc(F)c1. The van der Waals surface area contributed by atoms with Crippen LogP contribution in [0.4, 0.5) is 15.8 Å². The molecule has 0 aromatic heterocycles. The van der Waals surface area contributed by atoms with Gasteiger partial charge in [0.25, 0.3) is 11.8 Å². The van der Waals surface area contributed by atoms with Gasteiger partial charge in [0.15, 0.2) is 0 Å². The van der Waals surface area contributed by atoms with Crippen molar-refractivity contribution >= 4 is 23.2 Å². The maximum Gasteiger partial charge on any atom is 0.255 e. The van der Waals surface area contributed by atoms with Gasteiger partial charge in [-0.2, -0.15) is 0 Å². The second-order valence-electron chi connectivity index (χ2n) is 4.35. The van der Waals surface area contributed by atoms with Crippen LogP contribution in [0.5, 0.6) is 0 Å². The van der Waals surface area contributed by atoms with E-state index in [0.717, 1.165) is 12.1 Å². The number of carbonyl (C=O) groups is 2. The summed E-state index contributed by atoms with van der Waals surface area (Å²) in [6.07, 6.45) is 0. The van der Waals surface area contributed by atoms with Crippen molar-refractivity contribution in [1.29, 1.82) is 0 Å². The molecule has 0 aliphatic heterocycles. The predicted molar refractivity (Wildman–Crippen MR) is 78.6 cm³/mol. The largest absolute Gasteiger partial charge is 0.399 e. The molecule has 2 amide bonds. The van der Waals surface area contributed by atoms with Crippen molar-refractivity contribution in [3.8, 4) is 0 Å². The number of hydrogen-bond donors (Lipinski definition) is 3. The average molecular weight is 287 g/mol. The van der Waals surface area contributed by atoms with E-state index < -0.39 is 11.7 Å². The molecular formula is C15H14FN3O2. The summed E-state index contributed by atoms with van der Waals surface area (Å²) in [5, 5.41) is 5.06. The molecule has 108 valence electrons. The van der Waals surface area contributed by atoms with Crippen molar-refractivity contribution in [3.05, 3.63) is 59.4 Å². The number of carbonyl (C=O) groups excluding carboxylic acids is 2. The molecular weight excluding hydrogens is 273 g/mol. The van der Waals surface area contributed by atoms with Crippen molar-refractivity contribution in [3.63, 3.8) is 0 Å². The number of nitrogen functional groups attached to an aromatic ring is 1. The summed E-state index contributed by atoms with van der Waals surface area (Å²) < 4.78 is 13.3. The van der Waals surface area contributed by atoms with Crippen molar-refractivity contribution in [2.45, 2.75) is 0 Å². The normalized spacial score (nSPS) is 10.0. The lowest BCUT2D eigenvalue weighted by Gasteiger charge is -2.10. The van der Waals surface area contributed by atoms with Crippen molar-refractivity contribution in [1.82, 2.24) is 5.32 Å². The molecule has 5 nitrogen and oxygen atoms in total. The first-order valence-electron chi connectivity index (χ1n) is 6.20. The first-order valence-corrected chi connectivity index (χ1v) is 6.20. The Hall–Kier alpha value is -2.89. The summed E-state index contributed by atoms with van der Waals surface area (Å²) in [6.45, 7) is 0. The van der Waals surface area contributed by atoms with Crippen molar-refractivity contribution in [2.24, 2.45) is 0 Å². The molecule has 0 unspecified atom stereocenters. The Morgan fingerprint density at radius 3 is 2.48 bits per heavy atom. The topological polar surface area (TPSA) is 84.2 Å². The smallest absolute Gasteiger partial charge is 0.255 e. The maximum absolute atomic E-state index is 13.3. The number of halogens is 1. The van der Waals surface area contributed by atoms with Crippen LogP contribution in [0.2, 0.25) is 0 Å². The summed E-state index contributed by atoms with van der Waals surface area (Å²) in [4.78, 5) is 23.8. The fraction of sp³-hybridized carbons (Fsp3) is 0.0667. The van der Waals surface area contributed by atoms with Crippen LogP contribution >= 0.6 is 0 Å². The van der Waals surface area contributed by atoms with Gasteiger partial charge >= 0.3 is 0 Å². The molecule has 21 heavy (non-hydrogen) atoms. The predicted octanol–water partition coefficient (Wildman–Crippen LogP) is 2.02. The highest BCUT2D eigenvalue weighted by atomic mass is 19.1. The molecule has 2 rings (SSSR count). The van der Waals surface area contributed by atoms with E-state index in [1.54, 1.807) is 24.3 Å². The monoisotopic (exact) mass is 287 g/mol. The van der Waals surface area contributed by atoms with Gasteiger partial charge in [-0.1, -0.05) is 12.1 Å². The van der Waals surface area contributed by atoms with Gasteiger partial charge in [0, 0.05) is 18.3 Å². The third kappa shape index (κ3) is 3.36. The third-order valence-electron chi connectivity index (χ3n) is 2.83. The second-order valence-corrected chi connectivity index (χ2v) is 4.35. The molecule has 0 fully saturated rings. The molecule has 0 saturated carbocycles. The molecule has 0 bridgehead atoms. The Morgan fingerprint density at radius 2 is 1.81 bits per heavy atom. The van der Waals surface area contributed by atoms with Gasteiger partial charge in [0.1, 0.15) is 5.82 Å². The molecule has 0 spiro atoms. The van der Waals surface area contributed by atoms with Crippen LogP contribution in [0, 0.1) is 5.82 Å². The number of hydrogen-bond acceptors (Lipinski definition) is 3. The van der Waals surface area contributed by atoms with E-state index in [9.17, 15) is 14.0 Å². The minimum Gasteiger partial charge on any atom is -0.399 e. The van der Waals surface area contributed by atoms with Crippen LogP contribution in [-0.2, 0) is 0 Å². The zero-order chi connectivity index (χ0) is 15.4. The van der Waals surface area contributed by atoms with E-state index >= 15 is 0 Å². The number of anilines is 2. The zero-order valence-corrected chi connectivity index (χ0v) is 11.3. The van der Waals surface area contributed by atoms with Crippen LogP contribution in [0.1, 0.15) is 20.7 Å². The zero-order valence-electron chi connectivity index (χ0n) is 11.3. The number of nitrogens with one attached hydrogen (secondary N) is 2. The molecule has 4 N–H and O–H groups in total. The number of benzene rings is 2. The summed E-state index contributed by atoms with van der Waals surface area (Å²) in [5.74, 6) is -1.47. The quantitative estimate of drug-likeness (QED) is 0.755. The minimum absolute atomic E-state index is 0.0826. The lowest BCUT2D eigenvalue weighted by atomic mass is 10.1. The van der Waals surface area contributed by atoms with E-state index in [1.165, 1.54) is 13.1 Å². The van der Waals surface area contributed by atoms with Gasteiger partial charge in [-0.05, 0) is 30.3 Å². The summed E-state index contributed by atoms with van der Waals surface area (Å²) in [7, 11) is 1.49. The lowest BCUT2D eigenvalue weighted by Crippen LogP contribution is -2.21. The molecule has 0 saturated heterocycles. The number of para-hydroxylation sites is 1. The third-order valence-corrected chi connectivity index (χ3v) is 2.83. The highest BCUT2D eigenvalue weighted by Gasteiger charge is 2.13. The fourth-order valence-corrected chi connectivity index (χ4v) is 1.86.